The number of thiophene rings is 2. The number of rotatable bonds is 6. The van der Waals surface area contributed by atoms with Crippen LogP contribution in [0.2, 0.25) is 0 Å². The van der Waals surface area contributed by atoms with E-state index in [-0.39, 0.29) is 11.8 Å². The van der Waals surface area contributed by atoms with Crippen molar-refractivity contribution >= 4 is 34.5 Å². The number of carbonyl (C=O) groups excluding carboxylic acids is 2. The predicted octanol–water partition coefficient (Wildman–Crippen LogP) is 2.25. The minimum Gasteiger partial charge on any atom is -0.351 e. The Balaban J connectivity index is 1.63. The number of carbonyl (C=O) groups is 2. The first kappa shape index (κ1) is 13.8. The number of hydrogen-bond acceptors (Lipinski definition) is 4. The molecule has 6 heteroatoms. The van der Waals surface area contributed by atoms with Gasteiger partial charge in [0.15, 0.2) is 0 Å². The maximum Gasteiger partial charge on any atom is 0.252 e. The van der Waals surface area contributed by atoms with E-state index >= 15 is 0 Å². The van der Waals surface area contributed by atoms with Gasteiger partial charge in [-0.15, -0.1) is 11.3 Å². The van der Waals surface area contributed by atoms with E-state index in [2.05, 4.69) is 10.6 Å². The molecule has 0 aliphatic rings. The third kappa shape index (κ3) is 4.50. The molecule has 2 aromatic rings. The molecule has 0 atom stereocenters. The Morgan fingerprint density at radius 2 is 2.05 bits per heavy atom. The number of amides is 2. The van der Waals surface area contributed by atoms with Crippen molar-refractivity contribution in [3.8, 4) is 0 Å². The van der Waals surface area contributed by atoms with Crippen molar-refractivity contribution in [2.45, 2.75) is 13.0 Å². The standard InChI is InChI=1S/C13H14N2O2S2/c16-12(15-8-11-2-1-6-19-11)3-5-14-13(17)10-4-7-18-9-10/h1-2,4,6-7,9H,3,5,8H2,(H,14,17)(H,15,16). The molecule has 0 radical (unpaired) electrons. The lowest BCUT2D eigenvalue weighted by Crippen LogP contribution is -2.30. The van der Waals surface area contributed by atoms with E-state index in [4.69, 9.17) is 0 Å². The summed E-state index contributed by atoms with van der Waals surface area (Å²) < 4.78 is 0. The Labute approximate surface area is 119 Å². The summed E-state index contributed by atoms with van der Waals surface area (Å²) in [6.45, 7) is 0.903. The van der Waals surface area contributed by atoms with Crippen LogP contribution in [0.4, 0.5) is 0 Å². The van der Waals surface area contributed by atoms with Gasteiger partial charge in [0, 0.05) is 28.8 Å². The van der Waals surface area contributed by atoms with Crippen molar-refractivity contribution in [2.75, 3.05) is 6.54 Å². The minimum atomic E-state index is -0.132. The fourth-order valence-electron chi connectivity index (χ4n) is 1.47. The molecule has 0 aliphatic heterocycles. The lowest BCUT2D eigenvalue weighted by atomic mass is 10.3. The van der Waals surface area contributed by atoms with Crippen molar-refractivity contribution in [1.29, 1.82) is 0 Å². The monoisotopic (exact) mass is 294 g/mol. The molecule has 2 N–H and O–H groups in total. The van der Waals surface area contributed by atoms with E-state index < -0.39 is 0 Å². The van der Waals surface area contributed by atoms with E-state index in [1.807, 2.05) is 22.9 Å². The number of hydrogen-bond donors (Lipinski definition) is 2. The number of nitrogens with one attached hydrogen (secondary N) is 2. The fraction of sp³-hybridized carbons (Fsp3) is 0.231. The van der Waals surface area contributed by atoms with Gasteiger partial charge in [0.25, 0.3) is 5.91 Å². The second-order valence-corrected chi connectivity index (χ2v) is 5.69. The summed E-state index contributed by atoms with van der Waals surface area (Å²) in [7, 11) is 0. The third-order valence-electron chi connectivity index (χ3n) is 2.46. The van der Waals surface area contributed by atoms with Crippen molar-refractivity contribution in [3.63, 3.8) is 0 Å². The molecule has 19 heavy (non-hydrogen) atoms. The van der Waals surface area contributed by atoms with E-state index in [1.165, 1.54) is 11.3 Å². The highest BCUT2D eigenvalue weighted by molar-refractivity contribution is 7.09. The molecule has 2 heterocycles. The molecule has 0 spiro atoms. The van der Waals surface area contributed by atoms with Gasteiger partial charge < -0.3 is 10.6 Å². The van der Waals surface area contributed by atoms with Gasteiger partial charge in [-0.3, -0.25) is 9.59 Å². The largest absolute Gasteiger partial charge is 0.351 e. The highest BCUT2D eigenvalue weighted by Crippen LogP contribution is 2.07. The fourth-order valence-corrected chi connectivity index (χ4v) is 2.75. The molecule has 0 fully saturated rings. The van der Waals surface area contributed by atoms with Crippen LogP contribution in [0, 0.1) is 0 Å². The zero-order chi connectivity index (χ0) is 13.5. The van der Waals surface area contributed by atoms with Gasteiger partial charge in [-0.2, -0.15) is 11.3 Å². The first-order valence-electron chi connectivity index (χ1n) is 5.85. The SMILES string of the molecule is O=C(CCNC(=O)c1ccsc1)NCc1cccs1. The molecular weight excluding hydrogens is 280 g/mol. The van der Waals surface area contributed by atoms with Crippen LogP contribution in [-0.2, 0) is 11.3 Å². The van der Waals surface area contributed by atoms with Crippen LogP contribution in [0.3, 0.4) is 0 Å². The molecule has 0 unspecified atom stereocenters. The molecule has 2 amide bonds. The smallest absolute Gasteiger partial charge is 0.252 e. The normalized spacial score (nSPS) is 10.1. The lowest BCUT2D eigenvalue weighted by molar-refractivity contribution is -0.121. The van der Waals surface area contributed by atoms with Gasteiger partial charge in [0.1, 0.15) is 0 Å². The molecule has 0 bridgehead atoms. The van der Waals surface area contributed by atoms with Crippen molar-refractivity contribution in [1.82, 2.24) is 10.6 Å². The van der Waals surface area contributed by atoms with E-state index in [9.17, 15) is 9.59 Å². The van der Waals surface area contributed by atoms with Crippen LogP contribution < -0.4 is 10.6 Å². The summed E-state index contributed by atoms with van der Waals surface area (Å²) in [5, 5.41) is 11.1. The van der Waals surface area contributed by atoms with Gasteiger partial charge in [-0.05, 0) is 22.9 Å². The van der Waals surface area contributed by atoms with Gasteiger partial charge in [-0.25, -0.2) is 0 Å². The molecule has 0 aliphatic carbocycles. The Morgan fingerprint density at radius 3 is 2.74 bits per heavy atom. The van der Waals surface area contributed by atoms with E-state index in [0.29, 0.717) is 25.1 Å². The quantitative estimate of drug-likeness (QED) is 0.858. The summed E-state index contributed by atoms with van der Waals surface area (Å²) in [5.74, 6) is -0.189. The molecular formula is C13H14N2O2S2. The maximum atomic E-state index is 11.6. The molecule has 0 saturated heterocycles. The van der Waals surface area contributed by atoms with Crippen LogP contribution in [0.15, 0.2) is 34.3 Å². The third-order valence-corrected chi connectivity index (χ3v) is 4.02. The first-order chi connectivity index (χ1) is 9.25. The average Bonchev–Trinajstić information content (AvgIpc) is 3.09. The van der Waals surface area contributed by atoms with Crippen LogP contribution in [-0.4, -0.2) is 18.4 Å². The summed E-state index contributed by atoms with van der Waals surface area (Å²) >= 11 is 3.08. The maximum absolute atomic E-state index is 11.6. The van der Waals surface area contributed by atoms with Gasteiger partial charge >= 0.3 is 0 Å². The Bertz CT molecular complexity index is 521. The van der Waals surface area contributed by atoms with E-state index in [1.54, 1.807) is 22.8 Å². The molecule has 2 aromatic heterocycles. The second kappa shape index (κ2) is 7.06. The molecule has 4 nitrogen and oxygen atoms in total. The second-order valence-electron chi connectivity index (χ2n) is 3.87. The van der Waals surface area contributed by atoms with Crippen LogP contribution in [0.25, 0.3) is 0 Å². The highest BCUT2D eigenvalue weighted by atomic mass is 32.1. The van der Waals surface area contributed by atoms with Crippen molar-refractivity contribution in [3.05, 3.63) is 44.8 Å². The van der Waals surface area contributed by atoms with Crippen molar-refractivity contribution in [2.24, 2.45) is 0 Å². The first-order valence-corrected chi connectivity index (χ1v) is 7.67. The van der Waals surface area contributed by atoms with Gasteiger partial charge in [-0.1, -0.05) is 6.07 Å². The predicted molar refractivity (Wildman–Crippen MR) is 77.4 cm³/mol. The van der Waals surface area contributed by atoms with Gasteiger partial charge in [0.05, 0.1) is 6.54 Å². The van der Waals surface area contributed by atoms with Crippen LogP contribution >= 0.6 is 22.7 Å². The lowest BCUT2D eigenvalue weighted by Gasteiger charge is -2.05. The van der Waals surface area contributed by atoms with Crippen LogP contribution in [0.5, 0.6) is 0 Å². The average molecular weight is 294 g/mol. The summed E-state index contributed by atoms with van der Waals surface area (Å²) in [5.41, 5.74) is 0.643. The Kier molecular flexibility index (Phi) is 5.11. The topological polar surface area (TPSA) is 58.2 Å². The van der Waals surface area contributed by atoms with Crippen molar-refractivity contribution < 1.29 is 9.59 Å². The zero-order valence-electron chi connectivity index (χ0n) is 10.2. The van der Waals surface area contributed by atoms with Gasteiger partial charge in [0.2, 0.25) is 5.91 Å². The Hall–Kier alpha value is -1.66. The Morgan fingerprint density at radius 1 is 1.16 bits per heavy atom. The summed E-state index contributed by atoms with van der Waals surface area (Å²) in [6.07, 6.45) is 0.293. The molecule has 0 saturated carbocycles. The zero-order valence-corrected chi connectivity index (χ0v) is 11.9. The minimum absolute atomic E-state index is 0.0565. The van der Waals surface area contributed by atoms with E-state index in [0.717, 1.165) is 4.88 Å². The summed E-state index contributed by atoms with van der Waals surface area (Å²) in [4.78, 5) is 24.3. The summed E-state index contributed by atoms with van der Waals surface area (Å²) in [6, 6.07) is 5.69. The molecule has 100 valence electrons. The van der Waals surface area contributed by atoms with Crippen LogP contribution in [0.1, 0.15) is 21.7 Å². The molecule has 2 rings (SSSR count). The highest BCUT2D eigenvalue weighted by Gasteiger charge is 2.06. The molecule has 0 aromatic carbocycles.